The van der Waals surface area contributed by atoms with E-state index in [2.05, 4.69) is 4.74 Å². The fourth-order valence-electron chi connectivity index (χ4n) is 1.67. The van der Waals surface area contributed by atoms with Gasteiger partial charge in [-0.05, 0) is 13.0 Å². The number of rotatable bonds is 6. The second kappa shape index (κ2) is 6.80. The Balaban J connectivity index is 2.98. The number of ether oxygens (including phenoxy) is 1. The second-order valence-corrected chi connectivity index (χ2v) is 5.42. The van der Waals surface area contributed by atoms with Gasteiger partial charge in [-0.15, -0.1) is 0 Å². The summed E-state index contributed by atoms with van der Waals surface area (Å²) >= 11 is 0. The zero-order valence-electron chi connectivity index (χ0n) is 10.8. The van der Waals surface area contributed by atoms with Crippen LogP contribution in [-0.2, 0) is 19.6 Å². The molecule has 0 aromatic heterocycles. The zero-order chi connectivity index (χ0) is 15.3. The molecule has 0 amide bonds. The molecule has 0 spiro atoms. The molecule has 0 aliphatic rings. The summed E-state index contributed by atoms with van der Waals surface area (Å²) in [7, 11) is -4.54. The highest BCUT2D eigenvalue weighted by Crippen LogP contribution is 2.26. The van der Waals surface area contributed by atoms with Crippen molar-refractivity contribution in [2.24, 2.45) is 0 Å². The Morgan fingerprint density at radius 1 is 1.30 bits per heavy atom. The van der Waals surface area contributed by atoms with Crippen LogP contribution < -0.4 is 0 Å². The van der Waals surface area contributed by atoms with E-state index in [-0.39, 0.29) is 12.2 Å². The van der Waals surface area contributed by atoms with Gasteiger partial charge < -0.3 is 14.9 Å². The lowest BCUT2D eigenvalue weighted by atomic mass is 10.0. The first kappa shape index (κ1) is 16.6. The average molecular weight is 304 g/mol. The predicted octanol–water partition coefficient (Wildman–Crippen LogP) is 0.281. The summed E-state index contributed by atoms with van der Waals surface area (Å²) in [6, 6.07) is 5.12. The molecule has 20 heavy (non-hydrogen) atoms. The van der Waals surface area contributed by atoms with E-state index in [0.29, 0.717) is 0 Å². The Kier molecular flexibility index (Phi) is 5.63. The summed E-state index contributed by atoms with van der Waals surface area (Å²) < 4.78 is 36.0. The standard InChI is InChI=1S/C12H16O7S/c1-2-19-11(14)7-9(13)12(15)8-5-3-4-6-10(8)20(16,17)18/h3-6,9,12-13,15H,2,7H2,1H3,(H,16,17,18). The normalized spacial score (nSPS) is 14.6. The van der Waals surface area contributed by atoms with Crippen molar-refractivity contribution >= 4 is 16.1 Å². The van der Waals surface area contributed by atoms with E-state index in [1.165, 1.54) is 18.2 Å². The van der Waals surface area contributed by atoms with Crippen LogP contribution in [0.3, 0.4) is 0 Å². The SMILES string of the molecule is CCOC(=O)CC(O)C(O)c1ccccc1S(=O)(=O)O. The molecule has 0 aliphatic carbocycles. The highest BCUT2D eigenvalue weighted by atomic mass is 32.2. The van der Waals surface area contributed by atoms with Gasteiger partial charge in [0.25, 0.3) is 10.1 Å². The Labute approximate surface area is 116 Å². The lowest BCUT2D eigenvalue weighted by Crippen LogP contribution is -2.24. The molecule has 1 rings (SSSR count). The van der Waals surface area contributed by atoms with Gasteiger partial charge in [0.05, 0.1) is 24.0 Å². The highest BCUT2D eigenvalue weighted by molar-refractivity contribution is 7.85. The van der Waals surface area contributed by atoms with E-state index in [9.17, 15) is 23.4 Å². The number of esters is 1. The smallest absolute Gasteiger partial charge is 0.308 e. The van der Waals surface area contributed by atoms with E-state index in [1.54, 1.807) is 6.92 Å². The zero-order valence-corrected chi connectivity index (χ0v) is 11.6. The Bertz CT molecular complexity index is 567. The van der Waals surface area contributed by atoms with Crippen molar-refractivity contribution in [3.05, 3.63) is 29.8 Å². The van der Waals surface area contributed by atoms with Gasteiger partial charge in [0.2, 0.25) is 0 Å². The number of hydrogen-bond donors (Lipinski definition) is 3. The number of aliphatic hydroxyl groups is 2. The second-order valence-electron chi connectivity index (χ2n) is 4.03. The van der Waals surface area contributed by atoms with Crippen molar-refractivity contribution in [1.82, 2.24) is 0 Å². The van der Waals surface area contributed by atoms with Crippen molar-refractivity contribution in [3.8, 4) is 0 Å². The van der Waals surface area contributed by atoms with Crippen LogP contribution in [0.1, 0.15) is 25.0 Å². The van der Waals surface area contributed by atoms with Crippen LogP contribution in [0.2, 0.25) is 0 Å². The van der Waals surface area contributed by atoms with Gasteiger partial charge in [0.15, 0.2) is 0 Å². The van der Waals surface area contributed by atoms with Crippen LogP contribution in [0.5, 0.6) is 0 Å². The fourth-order valence-corrected chi connectivity index (χ4v) is 2.41. The Hall–Kier alpha value is -1.48. The number of hydrogen-bond acceptors (Lipinski definition) is 6. The molecule has 2 atom stereocenters. The van der Waals surface area contributed by atoms with Gasteiger partial charge in [0.1, 0.15) is 6.10 Å². The predicted molar refractivity (Wildman–Crippen MR) is 68.5 cm³/mol. The maximum absolute atomic E-state index is 11.2. The molecule has 0 bridgehead atoms. The molecule has 0 heterocycles. The summed E-state index contributed by atoms with van der Waals surface area (Å²) in [5, 5.41) is 19.6. The van der Waals surface area contributed by atoms with Crippen LogP contribution in [0.25, 0.3) is 0 Å². The van der Waals surface area contributed by atoms with Crippen LogP contribution in [0.4, 0.5) is 0 Å². The lowest BCUT2D eigenvalue weighted by molar-refractivity contribution is -0.147. The van der Waals surface area contributed by atoms with Crippen LogP contribution in [0.15, 0.2) is 29.2 Å². The van der Waals surface area contributed by atoms with E-state index in [1.807, 2.05) is 0 Å². The summed E-state index contributed by atoms with van der Waals surface area (Å²) in [5.41, 5.74) is -0.188. The molecule has 0 aliphatic heterocycles. The van der Waals surface area contributed by atoms with Crippen molar-refractivity contribution < 1.29 is 32.7 Å². The third kappa shape index (κ3) is 4.27. The minimum atomic E-state index is -4.54. The van der Waals surface area contributed by atoms with E-state index in [4.69, 9.17) is 4.55 Å². The quantitative estimate of drug-likeness (QED) is 0.510. The summed E-state index contributed by atoms with van der Waals surface area (Å²) in [6.45, 7) is 1.72. The van der Waals surface area contributed by atoms with Crippen molar-refractivity contribution in [2.45, 2.75) is 30.4 Å². The molecular weight excluding hydrogens is 288 g/mol. The van der Waals surface area contributed by atoms with Gasteiger partial charge in [-0.1, -0.05) is 18.2 Å². The van der Waals surface area contributed by atoms with E-state index < -0.39 is 39.6 Å². The minimum Gasteiger partial charge on any atom is -0.466 e. The molecule has 1 aromatic rings. The summed E-state index contributed by atoms with van der Waals surface area (Å²) in [4.78, 5) is 10.7. The van der Waals surface area contributed by atoms with Crippen LogP contribution in [0, 0.1) is 0 Å². The molecule has 2 unspecified atom stereocenters. The molecule has 7 nitrogen and oxygen atoms in total. The molecule has 3 N–H and O–H groups in total. The third-order valence-corrected chi connectivity index (χ3v) is 3.49. The van der Waals surface area contributed by atoms with Crippen molar-refractivity contribution in [1.29, 1.82) is 0 Å². The third-order valence-electron chi connectivity index (χ3n) is 2.56. The van der Waals surface area contributed by atoms with Gasteiger partial charge >= 0.3 is 5.97 Å². The van der Waals surface area contributed by atoms with Crippen molar-refractivity contribution in [3.63, 3.8) is 0 Å². The van der Waals surface area contributed by atoms with E-state index >= 15 is 0 Å². The first-order valence-corrected chi connectivity index (χ1v) is 7.29. The molecule has 112 valence electrons. The molecule has 0 radical (unpaired) electrons. The average Bonchev–Trinajstić information content (AvgIpc) is 2.37. The number of benzene rings is 1. The highest BCUT2D eigenvalue weighted by Gasteiger charge is 2.27. The minimum absolute atomic E-state index is 0.128. The van der Waals surface area contributed by atoms with Crippen LogP contribution in [-0.4, -0.2) is 41.9 Å². The summed E-state index contributed by atoms with van der Waals surface area (Å²) in [5.74, 6) is -0.719. The van der Waals surface area contributed by atoms with Gasteiger partial charge in [-0.2, -0.15) is 8.42 Å². The number of carbonyl (C=O) groups is 1. The number of aliphatic hydroxyl groups excluding tert-OH is 2. The first-order chi connectivity index (χ1) is 9.27. The largest absolute Gasteiger partial charge is 0.466 e. The lowest BCUT2D eigenvalue weighted by Gasteiger charge is -2.19. The Morgan fingerprint density at radius 2 is 1.90 bits per heavy atom. The van der Waals surface area contributed by atoms with E-state index in [0.717, 1.165) is 6.07 Å². The van der Waals surface area contributed by atoms with Crippen LogP contribution >= 0.6 is 0 Å². The molecular formula is C12H16O7S. The summed E-state index contributed by atoms with van der Waals surface area (Å²) in [6.07, 6.45) is -3.68. The molecule has 0 saturated carbocycles. The van der Waals surface area contributed by atoms with Crippen molar-refractivity contribution in [2.75, 3.05) is 6.61 Å². The van der Waals surface area contributed by atoms with Gasteiger partial charge in [-0.25, -0.2) is 0 Å². The monoisotopic (exact) mass is 304 g/mol. The molecule has 0 saturated heterocycles. The topological polar surface area (TPSA) is 121 Å². The first-order valence-electron chi connectivity index (χ1n) is 5.85. The van der Waals surface area contributed by atoms with Gasteiger partial charge in [0, 0.05) is 5.56 Å². The maximum Gasteiger partial charge on any atom is 0.308 e. The number of carbonyl (C=O) groups excluding carboxylic acids is 1. The Morgan fingerprint density at radius 3 is 2.45 bits per heavy atom. The maximum atomic E-state index is 11.2. The fraction of sp³-hybridized carbons (Fsp3) is 0.417. The molecule has 8 heteroatoms. The molecule has 1 aromatic carbocycles. The molecule has 0 fully saturated rings. The van der Waals surface area contributed by atoms with Gasteiger partial charge in [-0.3, -0.25) is 9.35 Å².